The van der Waals surface area contributed by atoms with Gasteiger partial charge in [-0.25, -0.2) is 0 Å². The van der Waals surface area contributed by atoms with E-state index in [4.69, 9.17) is 0 Å². The summed E-state index contributed by atoms with van der Waals surface area (Å²) < 4.78 is 0. The van der Waals surface area contributed by atoms with Crippen LogP contribution in [0.25, 0.3) is 0 Å². The van der Waals surface area contributed by atoms with Gasteiger partial charge in [0.15, 0.2) is 0 Å². The van der Waals surface area contributed by atoms with E-state index in [0.29, 0.717) is 0 Å². The Morgan fingerprint density at radius 2 is 1.50 bits per heavy atom. The van der Waals surface area contributed by atoms with E-state index < -0.39 is 0 Å². The second kappa shape index (κ2) is 3.68. The summed E-state index contributed by atoms with van der Waals surface area (Å²) in [4.78, 5) is 0. The Hall–Kier alpha value is -0.287. The smallest absolute Gasteiger partial charge is 0.199 e. The first-order chi connectivity index (χ1) is 3.39. The van der Waals surface area contributed by atoms with Crippen LogP contribution in [0.4, 0.5) is 0 Å². The largest absolute Gasteiger partial charge is 1.00 e. The fourth-order valence-electron chi connectivity index (χ4n) is 0.478. The summed E-state index contributed by atoms with van der Waals surface area (Å²) in [6, 6.07) is 9.87. The van der Waals surface area contributed by atoms with Gasteiger partial charge in [-0.3, -0.25) is 0 Å². The Balaban J connectivity index is 0.000000490. The van der Waals surface area contributed by atoms with Crippen molar-refractivity contribution < 1.29 is 19.5 Å². The third kappa shape index (κ3) is 2.13. The molecule has 0 aliphatic heterocycles. The van der Waals surface area contributed by atoms with E-state index in [9.17, 15) is 0 Å². The molecular weight excluding hydrogens is 185 g/mol. The van der Waals surface area contributed by atoms with Gasteiger partial charge in [-0.2, -0.15) is 24.6 Å². The van der Waals surface area contributed by atoms with Crippen molar-refractivity contribution in [3.8, 4) is 0 Å². The van der Waals surface area contributed by atoms with Crippen molar-refractivity contribution in [2.75, 3.05) is 0 Å². The average molecular weight is 192 g/mol. The van der Waals surface area contributed by atoms with Crippen LogP contribution >= 0.6 is 0 Å². The van der Waals surface area contributed by atoms with Gasteiger partial charge in [0.1, 0.15) is 0 Å². The van der Waals surface area contributed by atoms with Gasteiger partial charge in [0.05, 0.1) is 0 Å². The zero-order valence-corrected chi connectivity index (χ0v) is 6.19. The molecule has 1 rings (SSSR count). The molecule has 1 aromatic rings. The summed E-state index contributed by atoms with van der Waals surface area (Å²) in [5.74, 6) is 0. The summed E-state index contributed by atoms with van der Waals surface area (Å²) in [5, 5.41) is 0. The minimum absolute atomic E-state index is 0. The van der Waals surface area contributed by atoms with Crippen LogP contribution in [0, 0.1) is 6.92 Å². The van der Waals surface area contributed by atoms with E-state index in [0.717, 1.165) is 5.56 Å². The maximum atomic E-state index is 3.72. The molecule has 0 fully saturated rings. The van der Waals surface area contributed by atoms with Crippen LogP contribution in [0.1, 0.15) is 5.56 Å². The maximum Gasteiger partial charge on any atom is 1.00 e. The summed E-state index contributed by atoms with van der Waals surface area (Å²) in [5.41, 5.74) is 1.07. The number of hydrogen-bond acceptors (Lipinski definition) is 0. The van der Waals surface area contributed by atoms with Crippen LogP contribution in [-0.2, 0) is 19.5 Å². The first-order valence-electron chi connectivity index (χ1n) is 2.26. The van der Waals surface area contributed by atoms with Gasteiger partial charge in [0, 0.05) is 0 Å². The molecule has 43 valence electrons. The predicted octanol–water partition coefficient (Wildman–Crippen LogP) is 1.87. The Kier molecular flexibility index (Phi) is 3.55. The average Bonchev–Trinajstić information content (AvgIpc) is 1.69. The number of rotatable bonds is 0. The quantitative estimate of drug-likeness (QED) is 0.435. The normalized spacial score (nSPS) is 7.50. The first-order valence-corrected chi connectivity index (χ1v) is 2.26. The third-order valence-corrected chi connectivity index (χ3v) is 0.843. The second-order valence-corrected chi connectivity index (χ2v) is 1.49. The number of benzene rings is 1. The van der Waals surface area contributed by atoms with Gasteiger partial charge in [-0.1, -0.05) is 6.07 Å². The molecule has 0 aromatic heterocycles. The fraction of sp³-hybridized carbons (Fsp3) is 0. The zero-order chi connectivity index (χ0) is 5.11. The van der Waals surface area contributed by atoms with E-state index in [1.807, 2.05) is 30.3 Å². The van der Waals surface area contributed by atoms with Gasteiger partial charge in [-0.05, 0) is 0 Å². The molecular formula is C7H7Ru. The molecule has 0 aliphatic carbocycles. The van der Waals surface area contributed by atoms with Crippen LogP contribution in [-0.4, -0.2) is 0 Å². The van der Waals surface area contributed by atoms with Gasteiger partial charge in [0.2, 0.25) is 0 Å². The molecule has 8 heavy (non-hydrogen) atoms. The minimum Gasteiger partial charge on any atom is -0.199 e. The molecule has 0 atom stereocenters. The van der Waals surface area contributed by atoms with Crippen LogP contribution in [0.2, 0.25) is 0 Å². The molecule has 1 radical (unpaired) electrons. The van der Waals surface area contributed by atoms with Gasteiger partial charge in [-0.15, -0.1) is 12.1 Å². The molecule has 0 spiro atoms. The molecule has 0 nitrogen and oxygen atoms in total. The summed E-state index contributed by atoms with van der Waals surface area (Å²) in [6.07, 6.45) is 0. The molecule has 0 bridgehead atoms. The van der Waals surface area contributed by atoms with Crippen molar-refractivity contribution in [1.29, 1.82) is 0 Å². The van der Waals surface area contributed by atoms with Crippen LogP contribution in [0.15, 0.2) is 30.3 Å². The standard InChI is InChI=1S/C7H7.Ru/c1-7-5-3-2-4-6-7;/h2-6H,1H2;/q-1;+1. The van der Waals surface area contributed by atoms with Gasteiger partial charge < -0.3 is 0 Å². The van der Waals surface area contributed by atoms with Crippen molar-refractivity contribution in [3.05, 3.63) is 42.8 Å². The van der Waals surface area contributed by atoms with Crippen molar-refractivity contribution in [1.82, 2.24) is 0 Å². The predicted molar refractivity (Wildman–Crippen MR) is 30.9 cm³/mol. The Morgan fingerprint density at radius 3 is 1.75 bits per heavy atom. The molecule has 0 saturated carbocycles. The zero-order valence-electron chi connectivity index (χ0n) is 4.45. The van der Waals surface area contributed by atoms with Crippen LogP contribution < -0.4 is 0 Å². The summed E-state index contributed by atoms with van der Waals surface area (Å²) >= 11 is 0. The molecule has 1 aromatic carbocycles. The second-order valence-electron chi connectivity index (χ2n) is 1.49. The van der Waals surface area contributed by atoms with Crippen LogP contribution in [0.3, 0.4) is 0 Å². The third-order valence-electron chi connectivity index (χ3n) is 0.843. The SMILES string of the molecule is [CH2-]c1ccccc1.[Ru+]. The molecule has 0 aliphatic rings. The molecule has 0 heterocycles. The van der Waals surface area contributed by atoms with Crippen molar-refractivity contribution >= 4 is 0 Å². The monoisotopic (exact) mass is 193 g/mol. The van der Waals surface area contributed by atoms with Crippen molar-refractivity contribution in [2.45, 2.75) is 0 Å². The first kappa shape index (κ1) is 7.71. The summed E-state index contributed by atoms with van der Waals surface area (Å²) in [6.45, 7) is 3.72. The van der Waals surface area contributed by atoms with Crippen molar-refractivity contribution in [2.24, 2.45) is 0 Å². The fourth-order valence-corrected chi connectivity index (χ4v) is 0.478. The Labute approximate surface area is 62.7 Å². The number of hydrogen-bond donors (Lipinski definition) is 0. The molecule has 0 N–H and O–H groups in total. The minimum atomic E-state index is 0. The van der Waals surface area contributed by atoms with E-state index in [2.05, 4.69) is 6.92 Å². The Morgan fingerprint density at radius 1 is 1.00 bits per heavy atom. The van der Waals surface area contributed by atoms with Gasteiger partial charge in [0.25, 0.3) is 0 Å². The van der Waals surface area contributed by atoms with E-state index in [1.165, 1.54) is 0 Å². The van der Waals surface area contributed by atoms with E-state index >= 15 is 0 Å². The molecule has 0 unspecified atom stereocenters. The molecule has 0 amide bonds. The van der Waals surface area contributed by atoms with Gasteiger partial charge >= 0.3 is 19.5 Å². The Bertz CT molecular complexity index is 134. The molecule has 1 heteroatoms. The van der Waals surface area contributed by atoms with E-state index in [1.54, 1.807) is 0 Å². The summed E-state index contributed by atoms with van der Waals surface area (Å²) in [7, 11) is 0. The van der Waals surface area contributed by atoms with Crippen molar-refractivity contribution in [3.63, 3.8) is 0 Å². The maximum absolute atomic E-state index is 3.72. The topological polar surface area (TPSA) is 0 Å². The molecule has 0 saturated heterocycles. The van der Waals surface area contributed by atoms with E-state index in [-0.39, 0.29) is 19.5 Å². The van der Waals surface area contributed by atoms with Crippen LogP contribution in [0.5, 0.6) is 0 Å².